The Kier molecular flexibility index (Phi) is 6.57. The Balaban J connectivity index is 1.47. The molecule has 0 bridgehead atoms. The van der Waals surface area contributed by atoms with E-state index in [9.17, 15) is 9.59 Å². The van der Waals surface area contributed by atoms with Crippen LogP contribution in [0.3, 0.4) is 0 Å². The van der Waals surface area contributed by atoms with Crippen molar-refractivity contribution in [2.45, 2.75) is 38.0 Å². The van der Waals surface area contributed by atoms with Crippen molar-refractivity contribution in [1.82, 2.24) is 15.1 Å². The van der Waals surface area contributed by atoms with E-state index in [2.05, 4.69) is 5.32 Å². The van der Waals surface area contributed by atoms with Crippen molar-refractivity contribution < 1.29 is 19.4 Å². The van der Waals surface area contributed by atoms with Gasteiger partial charge in [0.2, 0.25) is 0 Å². The molecular weight excluding hydrogens is 370 g/mol. The lowest BCUT2D eigenvalue weighted by molar-refractivity contribution is -0.139. The average Bonchev–Trinajstić information content (AvgIpc) is 2.63. The maximum absolute atomic E-state index is 12.6. The molecule has 0 aromatic heterocycles. The lowest BCUT2D eigenvalue weighted by Gasteiger charge is -2.43. The highest BCUT2D eigenvalue weighted by Crippen LogP contribution is 2.27. The summed E-state index contributed by atoms with van der Waals surface area (Å²) in [5, 5.41) is 12.7. The molecule has 7 nitrogen and oxygen atoms in total. The fourth-order valence-corrected chi connectivity index (χ4v) is 3.78. The summed E-state index contributed by atoms with van der Waals surface area (Å²) >= 11 is 5.93. The Bertz CT molecular complexity index is 663. The zero-order chi connectivity index (χ0) is 19.4. The van der Waals surface area contributed by atoms with Gasteiger partial charge in [-0.05, 0) is 37.1 Å². The van der Waals surface area contributed by atoms with Crippen molar-refractivity contribution in [1.29, 1.82) is 0 Å². The van der Waals surface area contributed by atoms with E-state index in [1.807, 2.05) is 36.1 Å². The molecule has 1 aliphatic heterocycles. The summed E-state index contributed by atoms with van der Waals surface area (Å²) in [6.45, 7) is 4.27. The van der Waals surface area contributed by atoms with Gasteiger partial charge in [0.1, 0.15) is 6.10 Å². The second-order valence-corrected chi connectivity index (χ2v) is 7.52. The van der Waals surface area contributed by atoms with Crippen LogP contribution in [0.4, 0.5) is 4.79 Å². The third-order valence-corrected chi connectivity index (χ3v) is 5.55. The molecule has 2 N–H and O–H groups in total. The molecule has 1 aliphatic carbocycles. The monoisotopic (exact) mass is 395 g/mol. The van der Waals surface area contributed by atoms with E-state index in [0.29, 0.717) is 31.3 Å². The molecule has 0 unspecified atom stereocenters. The zero-order valence-corrected chi connectivity index (χ0v) is 16.2. The van der Waals surface area contributed by atoms with Gasteiger partial charge in [0.15, 0.2) is 0 Å². The van der Waals surface area contributed by atoms with Crippen LogP contribution in [0.5, 0.6) is 0 Å². The molecule has 148 valence electrons. The lowest BCUT2D eigenvalue weighted by atomic mass is 9.85. The number of benzene rings is 1. The molecule has 1 heterocycles. The van der Waals surface area contributed by atoms with Crippen LogP contribution in [-0.4, -0.2) is 71.8 Å². The van der Waals surface area contributed by atoms with E-state index >= 15 is 0 Å². The summed E-state index contributed by atoms with van der Waals surface area (Å²) in [5.41, 5.74) is 1.01. The van der Waals surface area contributed by atoms with E-state index < -0.39 is 5.97 Å². The Morgan fingerprint density at radius 2 is 2.04 bits per heavy atom. The van der Waals surface area contributed by atoms with Crippen LogP contribution in [0.25, 0.3) is 0 Å². The number of likely N-dealkylation sites (N-methyl/N-ethyl adjacent to an activating group) is 1. The molecular formula is C19H26ClN3O4. The summed E-state index contributed by atoms with van der Waals surface area (Å²) in [6, 6.07) is 7.74. The maximum atomic E-state index is 12.6. The van der Waals surface area contributed by atoms with Gasteiger partial charge in [0.05, 0.1) is 19.7 Å². The minimum absolute atomic E-state index is 0.0497. The van der Waals surface area contributed by atoms with Crippen LogP contribution in [0.15, 0.2) is 24.3 Å². The number of amides is 2. The lowest BCUT2D eigenvalue weighted by Crippen LogP contribution is -2.57. The Labute approximate surface area is 164 Å². The summed E-state index contributed by atoms with van der Waals surface area (Å²) in [7, 11) is 0. The van der Waals surface area contributed by atoms with Gasteiger partial charge in [0, 0.05) is 23.7 Å². The Morgan fingerprint density at radius 1 is 1.33 bits per heavy atom. The topological polar surface area (TPSA) is 82.1 Å². The number of halogens is 1. The molecule has 2 fully saturated rings. The van der Waals surface area contributed by atoms with Gasteiger partial charge in [-0.3, -0.25) is 9.69 Å². The maximum Gasteiger partial charge on any atom is 0.317 e. The van der Waals surface area contributed by atoms with E-state index in [1.165, 1.54) is 0 Å². The molecule has 8 heteroatoms. The van der Waals surface area contributed by atoms with Crippen molar-refractivity contribution in [3.05, 3.63) is 34.9 Å². The van der Waals surface area contributed by atoms with Crippen molar-refractivity contribution in [3.8, 4) is 0 Å². The first-order valence-corrected chi connectivity index (χ1v) is 9.72. The number of carboxylic acids is 1. The second kappa shape index (κ2) is 8.91. The van der Waals surface area contributed by atoms with E-state index in [-0.39, 0.29) is 30.8 Å². The van der Waals surface area contributed by atoms with Crippen molar-refractivity contribution in [2.24, 2.45) is 0 Å². The first kappa shape index (κ1) is 19.9. The standard InChI is InChI=1S/C19H26ClN3O4/c1-2-22(12-18(24)25)16-9-15(10-16)21-19(26)23-7-8-27-17(11-23)13-3-5-14(20)6-4-13/h3-6,15-17H,2,7-12H2,1H3,(H,21,26)(H,24,25)/t15?,16?,17-/m0/s1. The van der Waals surface area contributed by atoms with Gasteiger partial charge in [-0.2, -0.15) is 0 Å². The van der Waals surface area contributed by atoms with Crippen LogP contribution in [0, 0.1) is 0 Å². The van der Waals surface area contributed by atoms with Gasteiger partial charge in [-0.25, -0.2) is 4.79 Å². The number of carbonyl (C=O) groups excluding carboxylic acids is 1. The number of morpholine rings is 1. The summed E-state index contributed by atoms with van der Waals surface area (Å²) < 4.78 is 5.80. The van der Waals surface area contributed by atoms with Gasteiger partial charge in [0.25, 0.3) is 0 Å². The highest BCUT2D eigenvalue weighted by molar-refractivity contribution is 6.30. The molecule has 27 heavy (non-hydrogen) atoms. The predicted octanol–water partition coefficient (Wildman–Crippen LogP) is 2.36. The molecule has 2 amide bonds. The van der Waals surface area contributed by atoms with Gasteiger partial charge in [-0.1, -0.05) is 30.7 Å². The van der Waals surface area contributed by atoms with Crippen LogP contribution in [0.2, 0.25) is 5.02 Å². The highest BCUT2D eigenvalue weighted by atomic mass is 35.5. The molecule has 1 aromatic rings. The first-order chi connectivity index (χ1) is 13.0. The molecule has 3 rings (SSSR count). The van der Waals surface area contributed by atoms with Gasteiger partial charge < -0.3 is 20.1 Å². The molecule has 1 saturated heterocycles. The number of carbonyl (C=O) groups is 2. The number of nitrogens with one attached hydrogen (secondary N) is 1. The third kappa shape index (κ3) is 5.12. The SMILES string of the molecule is CCN(CC(=O)O)C1CC(NC(=O)N2CCO[C@H](c3ccc(Cl)cc3)C2)C1. The minimum Gasteiger partial charge on any atom is -0.480 e. The Morgan fingerprint density at radius 3 is 2.67 bits per heavy atom. The van der Waals surface area contributed by atoms with Gasteiger partial charge in [-0.15, -0.1) is 0 Å². The molecule has 0 radical (unpaired) electrons. The highest BCUT2D eigenvalue weighted by Gasteiger charge is 2.36. The number of aliphatic carboxylic acids is 1. The number of rotatable bonds is 6. The summed E-state index contributed by atoms with van der Waals surface area (Å²) in [5.74, 6) is -0.814. The van der Waals surface area contributed by atoms with Crippen LogP contribution >= 0.6 is 11.6 Å². The second-order valence-electron chi connectivity index (χ2n) is 7.09. The van der Waals surface area contributed by atoms with Crippen LogP contribution in [0.1, 0.15) is 31.4 Å². The van der Waals surface area contributed by atoms with Crippen molar-refractivity contribution >= 4 is 23.6 Å². The average molecular weight is 396 g/mol. The normalized spacial score (nSPS) is 25.1. The number of nitrogens with zero attached hydrogens (tertiary/aromatic N) is 2. The fourth-order valence-electron chi connectivity index (χ4n) is 3.66. The van der Waals surface area contributed by atoms with Crippen molar-refractivity contribution in [2.75, 3.05) is 32.8 Å². The molecule has 1 saturated carbocycles. The third-order valence-electron chi connectivity index (χ3n) is 5.30. The number of ether oxygens (including phenoxy) is 1. The number of carboxylic acid groups (broad SMARTS) is 1. The van der Waals surface area contributed by atoms with E-state index in [1.54, 1.807) is 4.90 Å². The summed E-state index contributed by atoms with van der Waals surface area (Å²) in [6.07, 6.45) is 1.43. The molecule has 2 aliphatic rings. The predicted molar refractivity (Wildman–Crippen MR) is 102 cm³/mol. The first-order valence-electron chi connectivity index (χ1n) is 9.34. The number of urea groups is 1. The van der Waals surface area contributed by atoms with Gasteiger partial charge >= 0.3 is 12.0 Å². The molecule has 1 aromatic carbocycles. The minimum atomic E-state index is -0.814. The molecule has 1 atom stereocenters. The van der Waals surface area contributed by atoms with E-state index in [4.69, 9.17) is 21.4 Å². The van der Waals surface area contributed by atoms with Crippen LogP contribution < -0.4 is 5.32 Å². The van der Waals surface area contributed by atoms with Crippen molar-refractivity contribution in [3.63, 3.8) is 0 Å². The number of hydrogen-bond donors (Lipinski definition) is 2. The molecule has 0 spiro atoms. The zero-order valence-electron chi connectivity index (χ0n) is 15.4. The fraction of sp³-hybridized carbons (Fsp3) is 0.579. The largest absolute Gasteiger partial charge is 0.480 e. The quantitative estimate of drug-likeness (QED) is 0.772. The Hall–Kier alpha value is -1.83. The van der Waals surface area contributed by atoms with E-state index in [0.717, 1.165) is 18.4 Å². The smallest absolute Gasteiger partial charge is 0.317 e. The number of hydrogen-bond acceptors (Lipinski definition) is 4. The van der Waals surface area contributed by atoms with Crippen LogP contribution in [-0.2, 0) is 9.53 Å². The summed E-state index contributed by atoms with van der Waals surface area (Å²) in [4.78, 5) is 27.2.